The van der Waals surface area contributed by atoms with Crippen LogP contribution in [-0.4, -0.2) is 24.5 Å². The third-order valence-electron chi connectivity index (χ3n) is 2.48. The highest BCUT2D eigenvalue weighted by atomic mass is 15.1. The Balaban J connectivity index is 0. The molecule has 16 heavy (non-hydrogen) atoms. The maximum Gasteiger partial charge on any atom is -0.00188 e. The standard InChI is InChI=1S/C12H27N.C3H8/c1-4-7-10-13(11-8-5-2)12-9-6-3;1-3-2/h4-12H2,1-3H3;3H2,1-2H3. The van der Waals surface area contributed by atoms with Crippen molar-refractivity contribution >= 4 is 0 Å². The molecule has 0 radical (unpaired) electrons. The van der Waals surface area contributed by atoms with Gasteiger partial charge in [0, 0.05) is 0 Å². The molecular formula is C15H35N. The minimum absolute atomic E-state index is 1.25. The molecule has 0 rings (SSSR count). The van der Waals surface area contributed by atoms with Crippen LogP contribution in [0.2, 0.25) is 0 Å². The van der Waals surface area contributed by atoms with Gasteiger partial charge in [-0.05, 0) is 38.9 Å². The van der Waals surface area contributed by atoms with Gasteiger partial charge in [0.15, 0.2) is 0 Å². The van der Waals surface area contributed by atoms with E-state index in [0.29, 0.717) is 0 Å². The van der Waals surface area contributed by atoms with E-state index >= 15 is 0 Å². The molecule has 0 aliphatic rings. The van der Waals surface area contributed by atoms with Crippen molar-refractivity contribution in [3.8, 4) is 0 Å². The molecule has 0 aliphatic heterocycles. The molecule has 0 aliphatic carbocycles. The average Bonchev–Trinajstić information content (AvgIpc) is 2.29. The SMILES string of the molecule is CCC.CCCCN(CCCC)CCCC. The van der Waals surface area contributed by atoms with E-state index in [1.165, 1.54) is 64.6 Å². The first-order valence-corrected chi connectivity index (χ1v) is 7.48. The van der Waals surface area contributed by atoms with Crippen molar-refractivity contribution in [2.24, 2.45) is 0 Å². The van der Waals surface area contributed by atoms with E-state index in [4.69, 9.17) is 0 Å². The molecule has 0 bridgehead atoms. The summed E-state index contributed by atoms with van der Waals surface area (Å²) in [6.07, 6.45) is 9.34. The Morgan fingerprint density at radius 2 is 0.812 bits per heavy atom. The zero-order valence-electron chi connectivity index (χ0n) is 12.5. The van der Waals surface area contributed by atoms with Crippen LogP contribution in [0.5, 0.6) is 0 Å². The van der Waals surface area contributed by atoms with Crippen molar-refractivity contribution in [3.05, 3.63) is 0 Å². The second-order valence-electron chi connectivity index (χ2n) is 4.61. The van der Waals surface area contributed by atoms with E-state index in [-0.39, 0.29) is 0 Å². The van der Waals surface area contributed by atoms with Gasteiger partial charge < -0.3 is 4.90 Å². The first-order chi connectivity index (χ1) is 7.76. The summed E-state index contributed by atoms with van der Waals surface area (Å²) in [5, 5.41) is 0. The predicted octanol–water partition coefficient (Wildman–Crippen LogP) is 5.11. The fourth-order valence-corrected chi connectivity index (χ4v) is 1.48. The third kappa shape index (κ3) is 16.4. The average molecular weight is 229 g/mol. The maximum absolute atomic E-state index is 2.64. The quantitative estimate of drug-likeness (QED) is 0.531. The van der Waals surface area contributed by atoms with E-state index in [0.717, 1.165) is 0 Å². The zero-order chi connectivity index (χ0) is 12.6. The molecule has 0 saturated carbocycles. The number of unbranched alkanes of at least 4 members (excludes halogenated alkanes) is 3. The summed E-state index contributed by atoms with van der Waals surface area (Å²) in [4.78, 5) is 2.64. The highest BCUT2D eigenvalue weighted by Crippen LogP contribution is 2.01. The summed E-state index contributed by atoms with van der Waals surface area (Å²) in [7, 11) is 0. The first-order valence-electron chi connectivity index (χ1n) is 7.48. The van der Waals surface area contributed by atoms with Crippen LogP contribution in [0.3, 0.4) is 0 Å². The molecule has 0 amide bonds. The van der Waals surface area contributed by atoms with Crippen molar-refractivity contribution in [1.29, 1.82) is 0 Å². The van der Waals surface area contributed by atoms with Crippen LogP contribution in [0.4, 0.5) is 0 Å². The van der Waals surface area contributed by atoms with Gasteiger partial charge in [-0.25, -0.2) is 0 Å². The van der Waals surface area contributed by atoms with Crippen LogP contribution in [-0.2, 0) is 0 Å². The number of hydrogen-bond donors (Lipinski definition) is 0. The Morgan fingerprint density at radius 3 is 1.00 bits per heavy atom. The fraction of sp³-hybridized carbons (Fsp3) is 1.00. The Hall–Kier alpha value is -0.0400. The molecule has 1 heteroatoms. The molecule has 0 aromatic rings. The molecule has 0 aromatic carbocycles. The van der Waals surface area contributed by atoms with Crippen molar-refractivity contribution < 1.29 is 0 Å². The third-order valence-corrected chi connectivity index (χ3v) is 2.48. The minimum atomic E-state index is 1.25. The number of rotatable bonds is 9. The van der Waals surface area contributed by atoms with E-state index in [2.05, 4.69) is 39.5 Å². The molecule has 0 aromatic heterocycles. The van der Waals surface area contributed by atoms with Crippen molar-refractivity contribution in [3.63, 3.8) is 0 Å². The van der Waals surface area contributed by atoms with Gasteiger partial charge in [-0.3, -0.25) is 0 Å². The maximum atomic E-state index is 2.64. The van der Waals surface area contributed by atoms with Crippen LogP contribution in [0.15, 0.2) is 0 Å². The molecule has 0 spiro atoms. The van der Waals surface area contributed by atoms with Crippen LogP contribution in [0.1, 0.15) is 79.6 Å². The van der Waals surface area contributed by atoms with E-state index in [9.17, 15) is 0 Å². The van der Waals surface area contributed by atoms with Gasteiger partial charge in [0.05, 0.1) is 0 Å². The molecule has 0 unspecified atom stereocenters. The van der Waals surface area contributed by atoms with E-state index in [1.807, 2.05) is 0 Å². The molecular weight excluding hydrogens is 194 g/mol. The first kappa shape index (κ1) is 18.3. The van der Waals surface area contributed by atoms with Gasteiger partial charge in [0.2, 0.25) is 0 Å². The zero-order valence-corrected chi connectivity index (χ0v) is 12.5. The van der Waals surface area contributed by atoms with Crippen molar-refractivity contribution in [1.82, 2.24) is 4.90 Å². The van der Waals surface area contributed by atoms with Crippen LogP contribution < -0.4 is 0 Å². The number of hydrogen-bond acceptors (Lipinski definition) is 1. The molecule has 0 N–H and O–H groups in total. The van der Waals surface area contributed by atoms with E-state index < -0.39 is 0 Å². The Kier molecular flexibility index (Phi) is 19.9. The van der Waals surface area contributed by atoms with Gasteiger partial charge in [0.1, 0.15) is 0 Å². The van der Waals surface area contributed by atoms with Gasteiger partial charge in [0.25, 0.3) is 0 Å². The second kappa shape index (κ2) is 17.4. The van der Waals surface area contributed by atoms with Gasteiger partial charge in [-0.15, -0.1) is 0 Å². The van der Waals surface area contributed by atoms with Crippen molar-refractivity contribution in [2.45, 2.75) is 79.6 Å². The predicted molar refractivity (Wildman–Crippen MR) is 77.1 cm³/mol. The largest absolute Gasteiger partial charge is 0.303 e. The minimum Gasteiger partial charge on any atom is -0.303 e. The lowest BCUT2D eigenvalue weighted by atomic mass is 10.2. The van der Waals surface area contributed by atoms with Crippen LogP contribution in [0, 0.1) is 0 Å². The second-order valence-corrected chi connectivity index (χ2v) is 4.61. The van der Waals surface area contributed by atoms with Crippen LogP contribution >= 0.6 is 0 Å². The highest BCUT2D eigenvalue weighted by Gasteiger charge is 2.01. The highest BCUT2D eigenvalue weighted by molar-refractivity contribution is 4.57. The summed E-state index contributed by atoms with van der Waals surface area (Å²) >= 11 is 0. The molecule has 0 atom stereocenters. The summed E-state index contributed by atoms with van der Waals surface area (Å²) in [5.74, 6) is 0. The summed E-state index contributed by atoms with van der Waals surface area (Å²) in [5.41, 5.74) is 0. The molecule has 0 fully saturated rings. The summed E-state index contributed by atoms with van der Waals surface area (Å²) in [6.45, 7) is 15.0. The van der Waals surface area contributed by atoms with Gasteiger partial charge in [-0.2, -0.15) is 0 Å². The normalized spacial score (nSPS) is 10.1. The van der Waals surface area contributed by atoms with Crippen molar-refractivity contribution in [2.75, 3.05) is 19.6 Å². The monoisotopic (exact) mass is 229 g/mol. The Morgan fingerprint density at radius 1 is 0.562 bits per heavy atom. The lowest BCUT2D eigenvalue weighted by Gasteiger charge is -2.21. The lowest BCUT2D eigenvalue weighted by Crippen LogP contribution is -2.27. The molecule has 100 valence electrons. The molecule has 1 nitrogen and oxygen atoms in total. The van der Waals surface area contributed by atoms with Gasteiger partial charge >= 0.3 is 0 Å². The Bertz CT molecular complexity index is 82.6. The van der Waals surface area contributed by atoms with E-state index in [1.54, 1.807) is 0 Å². The molecule has 0 heterocycles. The smallest absolute Gasteiger partial charge is 0.00188 e. The molecule has 0 saturated heterocycles. The fourth-order valence-electron chi connectivity index (χ4n) is 1.48. The van der Waals surface area contributed by atoms with Crippen LogP contribution in [0.25, 0.3) is 0 Å². The number of nitrogens with zero attached hydrogens (tertiary/aromatic N) is 1. The topological polar surface area (TPSA) is 3.24 Å². The summed E-state index contributed by atoms with van der Waals surface area (Å²) in [6, 6.07) is 0. The Labute approximate surface area is 105 Å². The lowest BCUT2D eigenvalue weighted by molar-refractivity contribution is 0.261. The summed E-state index contributed by atoms with van der Waals surface area (Å²) < 4.78 is 0. The van der Waals surface area contributed by atoms with Gasteiger partial charge in [-0.1, -0.05) is 60.3 Å².